The fraction of sp³-hybridized carbons (Fsp3) is 0. The Morgan fingerprint density at radius 3 is 2.59 bits per heavy atom. The van der Waals surface area contributed by atoms with Crippen LogP contribution in [0.4, 0.5) is 10.1 Å². The minimum atomic E-state index is -0.413. The maximum absolute atomic E-state index is 13.2. The van der Waals surface area contributed by atoms with E-state index in [1.807, 2.05) is 12.1 Å². The van der Waals surface area contributed by atoms with E-state index in [1.54, 1.807) is 12.1 Å². The lowest BCUT2D eigenvalue weighted by molar-refractivity contribution is 0.482. The molecule has 0 saturated heterocycles. The number of nitrogen functional groups attached to an aromatic ring is 1. The molecular formula is C12H8Br2FNO. The first-order chi connectivity index (χ1) is 8.06. The number of ether oxygens (including phenoxy) is 1. The largest absolute Gasteiger partial charge is 0.455 e. The van der Waals surface area contributed by atoms with Crippen LogP contribution < -0.4 is 10.5 Å². The number of halogens is 3. The van der Waals surface area contributed by atoms with Crippen molar-refractivity contribution >= 4 is 37.5 Å². The molecule has 88 valence electrons. The van der Waals surface area contributed by atoms with Gasteiger partial charge in [0.15, 0.2) is 5.75 Å². The minimum absolute atomic E-state index is 0.255. The topological polar surface area (TPSA) is 35.2 Å². The maximum Gasteiger partial charge on any atom is 0.151 e. The first-order valence-corrected chi connectivity index (χ1v) is 6.33. The summed E-state index contributed by atoms with van der Waals surface area (Å²) in [7, 11) is 0. The summed E-state index contributed by atoms with van der Waals surface area (Å²) < 4.78 is 20.0. The Morgan fingerprint density at radius 2 is 1.88 bits per heavy atom. The van der Waals surface area contributed by atoms with Gasteiger partial charge in [0, 0.05) is 16.6 Å². The molecule has 0 bridgehead atoms. The van der Waals surface area contributed by atoms with Crippen molar-refractivity contribution in [2.75, 3.05) is 5.73 Å². The summed E-state index contributed by atoms with van der Waals surface area (Å²) in [6.07, 6.45) is 0. The van der Waals surface area contributed by atoms with E-state index in [-0.39, 0.29) is 5.69 Å². The quantitative estimate of drug-likeness (QED) is 0.786. The lowest BCUT2D eigenvalue weighted by Gasteiger charge is -2.09. The van der Waals surface area contributed by atoms with Crippen molar-refractivity contribution in [2.45, 2.75) is 0 Å². The van der Waals surface area contributed by atoms with Crippen LogP contribution in [0.3, 0.4) is 0 Å². The van der Waals surface area contributed by atoms with Crippen molar-refractivity contribution in [3.8, 4) is 11.5 Å². The molecule has 0 unspecified atom stereocenters. The first kappa shape index (κ1) is 12.4. The molecule has 2 aromatic carbocycles. The Balaban J connectivity index is 2.33. The third-order valence-electron chi connectivity index (χ3n) is 2.08. The molecule has 0 fully saturated rings. The second-order valence-corrected chi connectivity index (χ2v) is 5.13. The zero-order chi connectivity index (χ0) is 12.4. The normalized spacial score (nSPS) is 10.3. The van der Waals surface area contributed by atoms with Gasteiger partial charge in [-0.2, -0.15) is 0 Å². The molecule has 0 aliphatic rings. The summed E-state index contributed by atoms with van der Waals surface area (Å²) in [6.45, 7) is 0. The Hall–Kier alpha value is -1.07. The molecular weight excluding hydrogens is 353 g/mol. The SMILES string of the molecule is Nc1cc(F)c(Br)cc1Oc1cccc(Br)c1. The van der Waals surface area contributed by atoms with Gasteiger partial charge in [-0.1, -0.05) is 22.0 Å². The van der Waals surface area contributed by atoms with Crippen LogP contribution in [-0.2, 0) is 0 Å². The third-order valence-corrected chi connectivity index (χ3v) is 3.18. The van der Waals surface area contributed by atoms with Crippen LogP contribution in [0.25, 0.3) is 0 Å². The predicted octanol–water partition coefficient (Wildman–Crippen LogP) is 4.73. The molecule has 0 aliphatic carbocycles. The van der Waals surface area contributed by atoms with E-state index in [9.17, 15) is 4.39 Å². The van der Waals surface area contributed by atoms with E-state index in [2.05, 4.69) is 31.9 Å². The van der Waals surface area contributed by atoms with Crippen LogP contribution in [0.2, 0.25) is 0 Å². The van der Waals surface area contributed by atoms with Crippen LogP contribution in [0, 0.1) is 5.82 Å². The summed E-state index contributed by atoms with van der Waals surface area (Å²) in [5, 5.41) is 0. The van der Waals surface area contributed by atoms with Crippen LogP contribution in [0.5, 0.6) is 11.5 Å². The number of benzene rings is 2. The van der Waals surface area contributed by atoms with Gasteiger partial charge in [0.05, 0.1) is 10.2 Å². The monoisotopic (exact) mass is 359 g/mol. The van der Waals surface area contributed by atoms with Crippen molar-refractivity contribution < 1.29 is 9.13 Å². The number of hydrogen-bond acceptors (Lipinski definition) is 2. The first-order valence-electron chi connectivity index (χ1n) is 4.74. The summed E-state index contributed by atoms with van der Waals surface area (Å²) >= 11 is 6.43. The number of hydrogen-bond donors (Lipinski definition) is 1. The molecule has 5 heteroatoms. The molecule has 0 heterocycles. The van der Waals surface area contributed by atoms with Gasteiger partial charge in [-0.15, -0.1) is 0 Å². The average molecular weight is 361 g/mol. The van der Waals surface area contributed by atoms with Gasteiger partial charge in [-0.3, -0.25) is 0 Å². The Labute approximate surface area is 115 Å². The fourth-order valence-corrected chi connectivity index (χ4v) is 1.99. The summed E-state index contributed by atoms with van der Waals surface area (Å²) in [6, 6.07) is 10.0. The molecule has 0 saturated carbocycles. The Kier molecular flexibility index (Phi) is 3.69. The molecule has 2 rings (SSSR count). The molecule has 0 atom stereocenters. The van der Waals surface area contributed by atoms with Crippen molar-refractivity contribution in [2.24, 2.45) is 0 Å². The van der Waals surface area contributed by atoms with E-state index in [0.717, 1.165) is 4.47 Å². The van der Waals surface area contributed by atoms with E-state index in [1.165, 1.54) is 12.1 Å². The highest BCUT2D eigenvalue weighted by atomic mass is 79.9. The van der Waals surface area contributed by atoms with Crippen LogP contribution in [0.1, 0.15) is 0 Å². The van der Waals surface area contributed by atoms with Gasteiger partial charge in [-0.25, -0.2) is 4.39 Å². The van der Waals surface area contributed by atoms with Crippen molar-refractivity contribution in [3.63, 3.8) is 0 Å². The highest BCUT2D eigenvalue weighted by Crippen LogP contribution is 2.32. The lowest BCUT2D eigenvalue weighted by atomic mass is 10.3. The second kappa shape index (κ2) is 5.06. The van der Waals surface area contributed by atoms with Gasteiger partial charge < -0.3 is 10.5 Å². The van der Waals surface area contributed by atoms with Crippen LogP contribution in [0.15, 0.2) is 45.3 Å². The molecule has 2 N–H and O–H groups in total. The van der Waals surface area contributed by atoms with Gasteiger partial charge in [0.1, 0.15) is 11.6 Å². The average Bonchev–Trinajstić information content (AvgIpc) is 2.26. The standard InChI is InChI=1S/C12H8Br2FNO/c13-7-2-1-3-8(4-7)17-12-5-9(14)10(15)6-11(12)16/h1-6H,16H2. The zero-order valence-corrected chi connectivity index (χ0v) is 11.8. The van der Waals surface area contributed by atoms with E-state index >= 15 is 0 Å². The highest BCUT2D eigenvalue weighted by Gasteiger charge is 2.08. The Bertz CT molecular complexity index is 560. The van der Waals surface area contributed by atoms with Gasteiger partial charge in [0.2, 0.25) is 0 Å². The maximum atomic E-state index is 13.2. The van der Waals surface area contributed by atoms with E-state index in [4.69, 9.17) is 10.5 Å². The lowest BCUT2D eigenvalue weighted by Crippen LogP contribution is -1.94. The molecule has 0 spiro atoms. The Morgan fingerprint density at radius 1 is 1.12 bits per heavy atom. The number of rotatable bonds is 2. The van der Waals surface area contributed by atoms with Crippen molar-refractivity contribution in [1.29, 1.82) is 0 Å². The van der Waals surface area contributed by atoms with Crippen molar-refractivity contribution in [3.05, 3.63) is 51.2 Å². The smallest absolute Gasteiger partial charge is 0.151 e. The predicted molar refractivity (Wildman–Crippen MR) is 72.7 cm³/mol. The molecule has 2 nitrogen and oxygen atoms in total. The molecule has 0 radical (unpaired) electrons. The fourth-order valence-electron chi connectivity index (χ4n) is 1.29. The molecule has 2 aromatic rings. The number of anilines is 1. The van der Waals surface area contributed by atoms with Crippen molar-refractivity contribution in [1.82, 2.24) is 0 Å². The highest BCUT2D eigenvalue weighted by molar-refractivity contribution is 9.10. The molecule has 17 heavy (non-hydrogen) atoms. The number of nitrogens with two attached hydrogens (primary N) is 1. The minimum Gasteiger partial charge on any atom is -0.455 e. The molecule has 0 amide bonds. The zero-order valence-electron chi connectivity index (χ0n) is 8.58. The summed E-state index contributed by atoms with van der Waals surface area (Å²) in [5.74, 6) is 0.630. The van der Waals surface area contributed by atoms with Gasteiger partial charge in [-0.05, 0) is 34.1 Å². The molecule has 0 aromatic heterocycles. The van der Waals surface area contributed by atoms with E-state index in [0.29, 0.717) is 16.0 Å². The van der Waals surface area contributed by atoms with Gasteiger partial charge in [0.25, 0.3) is 0 Å². The summed E-state index contributed by atoms with van der Waals surface area (Å²) in [5.41, 5.74) is 5.93. The summed E-state index contributed by atoms with van der Waals surface area (Å²) in [4.78, 5) is 0. The van der Waals surface area contributed by atoms with Crippen LogP contribution in [-0.4, -0.2) is 0 Å². The van der Waals surface area contributed by atoms with E-state index < -0.39 is 5.82 Å². The third kappa shape index (κ3) is 2.98. The van der Waals surface area contributed by atoms with Crippen LogP contribution >= 0.6 is 31.9 Å². The molecule has 0 aliphatic heterocycles. The van der Waals surface area contributed by atoms with Gasteiger partial charge >= 0.3 is 0 Å². The second-order valence-electron chi connectivity index (χ2n) is 3.36.